The molecule has 0 aromatic carbocycles. The first-order valence-corrected chi connectivity index (χ1v) is 9.43. The van der Waals surface area contributed by atoms with Gasteiger partial charge in [-0.2, -0.15) is 0 Å². The van der Waals surface area contributed by atoms with Crippen LogP contribution in [0.25, 0.3) is 0 Å². The second kappa shape index (κ2) is 10.6. The van der Waals surface area contributed by atoms with Crippen LogP contribution in [0.5, 0.6) is 0 Å². The summed E-state index contributed by atoms with van der Waals surface area (Å²) in [4.78, 5) is 34.1. The van der Waals surface area contributed by atoms with E-state index in [1.807, 2.05) is 0 Å². The molecule has 8 heteroatoms. The van der Waals surface area contributed by atoms with E-state index in [1.54, 1.807) is 24.1 Å². The van der Waals surface area contributed by atoms with Crippen molar-refractivity contribution in [1.82, 2.24) is 20.2 Å². The number of hydrogen-bond donors (Lipinski definition) is 2. The molecular formula is C18H29N5O3. The summed E-state index contributed by atoms with van der Waals surface area (Å²) >= 11 is 0. The molecule has 0 radical (unpaired) electrons. The van der Waals surface area contributed by atoms with Crippen LogP contribution in [0.15, 0.2) is 12.3 Å². The normalized spacial score (nSPS) is 14.8. The molecule has 26 heavy (non-hydrogen) atoms. The largest absolute Gasteiger partial charge is 0.450 e. The fourth-order valence-corrected chi connectivity index (χ4v) is 2.83. The molecular weight excluding hydrogens is 334 g/mol. The van der Waals surface area contributed by atoms with Crippen LogP contribution in [0.4, 0.5) is 10.7 Å². The van der Waals surface area contributed by atoms with E-state index in [0.717, 1.165) is 32.1 Å². The SMILES string of the molecule is CCCCCNC(=O)c1ccnc(NC2CCN(C(=O)OCC)CC2)n1. The van der Waals surface area contributed by atoms with E-state index >= 15 is 0 Å². The highest BCUT2D eigenvalue weighted by molar-refractivity contribution is 5.92. The number of rotatable bonds is 8. The Morgan fingerprint density at radius 2 is 2.04 bits per heavy atom. The topological polar surface area (TPSA) is 96.5 Å². The number of piperidine rings is 1. The predicted octanol–water partition coefficient (Wildman–Crippen LogP) is 2.43. The molecule has 8 nitrogen and oxygen atoms in total. The van der Waals surface area contributed by atoms with Crippen molar-refractivity contribution in [1.29, 1.82) is 0 Å². The van der Waals surface area contributed by atoms with Gasteiger partial charge < -0.3 is 20.3 Å². The van der Waals surface area contributed by atoms with E-state index in [-0.39, 0.29) is 18.0 Å². The second-order valence-electron chi connectivity index (χ2n) is 6.33. The van der Waals surface area contributed by atoms with Gasteiger partial charge in [0.2, 0.25) is 5.95 Å². The molecule has 1 fully saturated rings. The third-order valence-electron chi connectivity index (χ3n) is 4.31. The number of nitrogens with zero attached hydrogens (tertiary/aromatic N) is 3. The van der Waals surface area contributed by atoms with Gasteiger partial charge in [0.15, 0.2) is 0 Å². The number of carbonyl (C=O) groups excluding carboxylic acids is 2. The fraction of sp³-hybridized carbons (Fsp3) is 0.667. The fourth-order valence-electron chi connectivity index (χ4n) is 2.83. The van der Waals surface area contributed by atoms with Gasteiger partial charge in [0, 0.05) is 31.9 Å². The van der Waals surface area contributed by atoms with Gasteiger partial charge in [0.25, 0.3) is 5.91 Å². The third-order valence-corrected chi connectivity index (χ3v) is 4.31. The first-order valence-electron chi connectivity index (χ1n) is 9.43. The number of likely N-dealkylation sites (tertiary alicyclic amines) is 1. The minimum Gasteiger partial charge on any atom is -0.450 e. The Balaban J connectivity index is 1.81. The zero-order valence-electron chi connectivity index (χ0n) is 15.7. The van der Waals surface area contributed by atoms with Crippen LogP contribution in [-0.2, 0) is 4.74 Å². The van der Waals surface area contributed by atoms with Crippen molar-refractivity contribution in [2.24, 2.45) is 0 Å². The van der Waals surface area contributed by atoms with Crippen molar-refractivity contribution in [3.05, 3.63) is 18.0 Å². The molecule has 0 unspecified atom stereocenters. The van der Waals surface area contributed by atoms with Crippen LogP contribution in [0, 0.1) is 0 Å². The van der Waals surface area contributed by atoms with Gasteiger partial charge in [-0.25, -0.2) is 14.8 Å². The third kappa shape index (κ3) is 6.16. The monoisotopic (exact) mass is 363 g/mol. The molecule has 0 saturated carbocycles. The molecule has 0 spiro atoms. The predicted molar refractivity (Wildman–Crippen MR) is 99.1 cm³/mol. The van der Waals surface area contributed by atoms with E-state index in [4.69, 9.17) is 4.74 Å². The molecule has 1 aliphatic rings. The molecule has 0 aliphatic carbocycles. The summed E-state index contributed by atoms with van der Waals surface area (Å²) in [5, 5.41) is 6.14. The van der Waals surface area contributed by atoms with Crippen molar-refractivity contribution >= 4 is 17.9 Å². The quantitative estimate of drug-likeness (QED) is 0.689. The summed E-state index contributed by atoms with van der Waals surface area (Å²) < 4.78 is 5.02. The lowest BCUT2D eigenvalue weighted by Gasteiger charge is -2.31. The second-order valence-corrected chi connectivity index (χ2v) is 6.33. The van der Waals surface area contributed by atoms with Gasteiger partial charge in [-0.3, -0.25) is 4.79 Å². The van der Waals surface area contributed by atoms with Gasteiger partial charge in [-0.05, 0) is 32.3 Å². The number of amides is 2. The van der Waals surface area contributed by atoms with Crippen LogP contribution in [0.3, 0.4) is 0 Å². The maximum Gasteiger partial charge on any atom is 0.409 e. The van der Waals surface area contributed by atoms with Gasteiger partial charge in [-0.15, -0.1) is 0 Å². The molecule has 1 saturated heterocycles. The average Bonchev–Trinajstić information content (AvgIpc) is 2.66. The molecule has 1 aromatic heterocycles. The minimum absolute atomic E-state index is 0.170. The molecule has 2 amide bonds. The lowest BCUT2D eigenvalue weighted by atomic mass is 10.1. The van der Waals surface area contributed by atoms with E-state index in [2.05, 4.69) is 27.5 Å². The Morgan fingerprint density at radius 1 is 1.27 bits per heavy atom. The highest BCUT2D eigenvalue weighted by Gasteiger charge is 2.24. The Hall–Kier alpha value is -2.38. The molecule has 2 heterocycles. The van der Waals surface area contributed by atoms with E-state index in [1.165, 1.54) is 0 Å². The number of anilines is 1. The Labute approximate surface area is 154 Å². The minimum atomic E-state index is -0.260. The van der Waals surface area contributed by atoms with Gasteiger partial charge in [0.05, 0.1) is 6.61 Å². The van der Waals surface area contributed by atoms with Gasteiger partial charge in [0.1, 0.15) is 5.69 Å². The molecule has 1 aromatic rings. The van der Waals surface area contributed by atoms with E-state index < -0.39 is 0 Å². The molecule has 2 N–H and O–H groups in total. The first kappa shape index (κ1) is 19.9. The van der Waals surface area contributed by atoms with Crippen molar-refractivity contribution < 1.29 is 14.3 Å². The van der Waals surface area contributed by atoms with Crippen LogP contribution >= 0.6 is 0 Å². The van der Waals surface area contributed by atoms with Crippen molar-refractivity contribution in [2.45, 2.75) is 52.0 Å². The number of hydrogen-bond acceptors (Lipinski definition) is 6. The maximum atomic E-state index is 12.1. The van der Waals surface area contributed by atoms with E-state index in [0.29, 0.717) is 37.9 Å². The Morgan fingerprint density at radius 3 is 2.73 bits per heavy atom. The number of nitrogens with one attached hydrogen (secondary N) is 2. The Bertz CT molecular complexity index is 588. The van der Waals surface area contributed by atoms with Crippen LogP contribution in [0.2, 0.25) is 0 Å². The number of carbonyl (C=O) groups is 2. The van der Waals surface area contributed by atoms with Gasteiger partial charge in [-0.1, -0.05) is 19.8 Å². The molecule has 0 bridgehead atoms. The lowest BCUT2D eigenvalue weighted by molar-refractivity contribution is 0.0945. The maximum absolute atomic E-state index is 12.1. The van der Waals surface area contributed by atoms with Crippen LogP contribution < -0.4 is 10.6 Å². The summed E-state index contributed by atoms with van der Waals surface area (Å²) in [6.45, 7) is 6.24. The van der Waals surface area contributed by atoms with E-state index in [9.17, 15) is 9.59 Å². The highest BCUT2D eigenvalue weighted by Crippen LogP contribution is 2.15. The number of unbranched alkanes of at least 4 members (excludes halogenated alkanes) is 2. The highest BCUT2D eigenvalue weighted by atomic mass is 16.6. The summed E-state index contributed by atoms with van der Waals surface area (Å²) in [6, 6.07) is 1.78. The lowest BCUT2D eigenvalue weighted by Crippen LogP contribution is -2.42. The first-order chi connectivity index (χ1) is 12.6. The van der Waals surface area contributed by atoms with Crippen LogP contribution in [0.1, 0.15) is 56.4 Å². The number of aromatic nitrogens is 2. The zero-order valence-corrected chi connectivity index (χ0v) is 15.7. The standard InChI is InChI=1S/C18H29N5O3/c1-3-5-6-10-19-16(24)15-7-11-20-17(22-15)21-14-8-12-23(13-9-14)18(25)26-4-2/h7,11,14H,3-6,8-10,12-13H2,1-2H3,(H,19,24)(H,20,21,22). The average molecular weight is 363 g/mol. The van der Waals surface area contributed by atoms with Crippen molar-refractivity contribution in [2.75, 3.05) is 31.6 Å². The smallest absolute Gasteiger partial charge is 0.409 e. The summed E-state index contributed by atoms with van der Waals surface area (Å²) in [5.41, 5.74) is 0.364. The van der Waals surface area contributed by atoms with Crippen molar-refractivity contribution in [3.63, 3.8) is 0 Å². The zero-order chi connectivity index (χ0) is 18.8. The molecule has 0 atom stereocenters. The Kier molecular flexibility index (Phi) is 8.11. The van der Waals surface area contributed by atoms with Crippen LogP contribution in [-0.4, -0.2) is 59.2 Å². The van der Waals surface area contributed by atoms with Gasteiger partial charge >= 0.3 is 6.09 Å². The number of ether oxygens (including phenoxy) is 1. The summed E-state index contributed by atoms with van der Waals surface area (Å²) in [6.07, 6.45) is 6.09. The summed E-state index contributed by atoms with van der Waals surface area (Å²) in [7, 11) is 0. The molecule has 144 valence electrons. The van der Waals surface area contributed by atoms with Crippen molar-refractivity contribution in [3.8, 4) is 0 Å². The molecule has 2 rings (SSSR count). The summed E-state index contributed by atoms with van der Waals surface area (Å²) in [5.74, 6) is 0.268. The molecule has 1 aliphatic heterocycles.